The van der Waals surface area contributed by atoms with Crippen molar-refractivity contribution in [1.29, 1.82) is 0 Å². The van der Waals surface area contributed by atoms with E-state index in [1.54, 1.807) is 28.2 Å². The van der Waals surface area contributed by atoms with Gasteiger partial charge in [-0.2, -0.15) is 5.10 Å². The number of para-hydroxylation sites is 1. The fourth-order valence-electron chi connectivity index (χ4n) is 3.91. The Balaban J connectivity index is 1.42. The molecule has 0 aliphatic carbocycles. The van der Waals surface area contributed by atoms with Crippen molar-refractivity contribution in [2.24, 2.45) is 5.10 Å². The molecule has 1 aliphatic heterocycles. The zero-order valence-electron chi connectivity index (χ0n) is 18.0. The monoisotopic (exact) mass is 478 g/mol. The van der Waals surface area contributed by atoms with E-state index in [1.165, 1.54) is 16.8 Å². The maximum atomic E-state index is 13.3. The van der Waals surface area contributed by atoms with E-state index >= 15 is 0 Å². The van der Waals surface area contributed by atoms with E-state index in [0.29, 0.717) is 34.8 Å². The number of amides is 1. The Labute approximate surface area is 198 Å². The van der Waals surface area contributed by atoms with Crippen molar-refractivity contribution in [1.82, 2.24) is 14.6 Å². The lowest BCUT2D eigenvalue weighted by Gasteiger charge is -2.20. The number of rotatable bonds is 7. The standard InChI is InChI=1S/C24H22N4O3S2/c1-2-11-27-23(30)16-7-3-4-8-17(16)25-24(27)33-15-22(29)28-19(20-9-5-12-31-20)14-18(26-28)21-10-6-13-32-21/h3-10,12-13,19H,2,11,14-15H2,1H3/t19-/m1/s1. The lowest BCUT2D eigenvalue weighted by atomic mass is 10.1. The van der Waals surface area contributed by atoms with Crippen LogP contribution in [-0.2, 0) is 11.3 Å². The average Bonchev–Trinajstić information content (AvgIpc) is 3.60. The number of furan rings is 1. The highest BCUT2D eigenvalue weighted by Gasteiger charge is 2.35. The number of benzene rings is 1. The van der Waals surface area contributed by atoms with E-state index in [2.05, 4.69) is 10.1 Å². The largest absolute Gasteiger partial charge is 0.467 e. The van der Waals surface area contributed by atoms with Gasteiger partial charge in [0.25, 0.3) is 11.5 Å². The lowest BCUT2D eigenvalue weighted by Crippen LogP contribution is -2.29. The van der Waals surface area contributed by atoms with E-state index in [9.17, 15) is 9.59 Å². The molecule has 168 valence electrons. The third-order valence-corrected chi connectivity index (χ3v) is 7.32. The third-order valence-electron chi connectivity index (χ3n) is 5.44. The van der Waals surface area contributed by atoms with E-state index in [-0.39, 0.29) is 23.3 Å². The second-order valence-corrected chi connectivity index (χ2v) is 9.54. The molecule has 0 N–H and O–H groups in total. The van der Waals surface area contributed by atoms with Crippen molar-refractivity contribution in [3.8, 4) is 0 Å². The van der Waals surface area contributed by atoms with Crippen LogP contribution in [0.3, 0.4) is 0 Å². The van der Waals surface area contributed by atoms with Crippen molar-refractivity contribution >= 4 is 45.6 Å². The summed E-state index contributed by atoms with van der Waals surface area (Å²) in [5, 5.41) is 9.31. The van der Waals surface area contributed by atoms with Crippen LogP contribution >= 0.6 is 23.1 Å². The number of carbonyl (C=O) groups is 1. The number of hydrazone groups is 1. The minimum absolute atomic E-state index is 0.0787. The zero-order chi connectivity index (χ0) is 22.8. The van der Waals surface area contributed by atoms with Crippen molar-refractivity contribution < 1.29 is 9.21 Å². The first-order valence-corrected chi connectivity index (χ1v) is 12.6. The van der Waals surface area contributed by atoms with Crippen LogP contribution in [0.1, 0.15) is 36.4 Å². The summed E-state index contributed by atoms with van der Waals surface area (Å²) in [5.41, 5.74) is 1.43. The topological polar surface area (TPSA) is 80.7 Å². The molecule has 3 aromatic heterocycles. The Morgan fingerprint density at radius 3 is 2.85 bits per heavy atom. The van der Waals surface area contributed by atoms with Gasteiger partial charge in [0.15, 0.2) is 5.16 Å². The van der Waals surface area contributed by atoms with Gasteiger partial charge in [0.05, 0.1) is 33.5 Å². The van der Waals surface area contributed by atoms with Crippen LogP contribution in [0, 0.1) is 0 Å². The Bertz CT molecular complexity index is 1360. The van der Waals surface area contributed by atoms with Crippen LogP contribution in [0.2, 0.25) is 0 Å². The zero-order valence-corrected chi connectivity index (χ0v) is 19.6. The number of aromatic nitrogens is 2. The number of thiophene rings is 1. The third kappa shape index (κ3) is 4.26. The molecule has 0 radical (unpaired) electrons. The lowest BCUT2D eigenvalue weighted by molar-refractivity contribution is -0.130. The summed E-state index contributed by atoms with van der Waals surface area (Å²) >= 11 is 2.87. The second-order valence-electron chi connectivity index (χ2n) is 7.65. The number of hydrogen-bond donors (Lipinski definition) is 0. The van der Waals surface area contributed by atoms with Gasteiger partial charge in [-0.15, -0.1) is 11.3 Å². The molecule has 1 aromatic carbocycles. The molecular weight excluding hydrogens is 456 g/mol. The maximum absolute atomic E-state index is 13.3. The molecule has 0 saturated heterocycles. The second kappa shape index (κ2) is 9.36. The van der Waals surface area contributed by atoms with Crippen molar-refractivity contribution in [3.05, 3.63) is 81.2 Å². The van der Waals surface area contributed by atoms with Crippen LogP contribution in [0.25, 0.3) is 10.9 Å². The molecule has 0 bridgehead atoms. The molecule has 0 fully saturated rings. The fourth-order valence-corrected chi connectivity index (χ4v) is 5.50. The molecule has 0 spiro atoms. The molecule has 0 saturated carbocycles. The summed E-state index contributed by atoms with van der Waals surface area (Å²) in [7, 11) is 0. The molecule has 1 amide bonds. The van der Waals surface area contributed by atoms with Crippen LogP contribution in [0.4, 0.5) is 0 Å². The van der Waals surface area contributed by atoms with Crippen molar-refractivity contribution in [3.63, 3.8) is 0 Å². The van der Waals surface area contributed by atoms with Crippen LogP contribution in [0.15, 0.2) is 79.6 Å². The molecule has 4 aromatic rings. The molecule has 7 nitrogen and oxygen atoms in total. The van der Waals surface area contributed by atoms with E-state index < -0.39 is 0 Å². The minimum Gasteiger partial charge on any atom is -0.467 e. The summed E-state index contributed by atoms with van der Waals surface area (Å²) in [6.07, 6.45) is 3.00. The van der Waals surface area contributed by atoms with Gasteiger partial charge < -0.3 is 4.42 Å². The fraction of sp³-hybridized carbons (Fsp3) is 0.250. The normalized spacial score (nSPS) is 15.8. The molecule has 33 heavy (non-hydrogen) atoms. The SMILES string of the molecule is CCCn1c(SCC(=O)N2N=C(c3cccs3)C[C@@H]2c2ccco2)nc2ccccc2c1=O. The van der Waals surface area contributed by atoms with Gasteiger partial charge in [-0.25, -0.2) is 9.99 Å². The van der Waals surface area contributed by atoms with Crippen molar-refractivity contribution in [2.75, 3.05) is 5.75 Å². The van der Waals surface area contributed by atoms with Crippen LogP contribution < -0.4 is 5.56 Å². The van der Waals surface area contributed by atoms with Crippen LogP contribution in [-0.4, -0.2) is 31.9 Å². The summed E-state index contributed by atoms with van der Waals surface area (Å²) in [6.45, 7) is 2.56. The summed E-state index contributed by atoms with van der Waals surface area (Å²) < 4.78 is 7.27. The first-order valence-electron chi connectivity index (χ1n) is 10.7. The Kier molecular flexibility index (Phi) is 6.15. The van der Waals surface area contributed by atoms with Gasteiger partial charge in [-0.3, -0.25) is 14.2 Å². The predicted molar refractivity (Wildman–Crippen MR) is 131 cm³/mol. The van der Waals surface area contributed by atoms with Crippen LogP contribution in [0.5, 0.6) is 0 Å². The Morgan fingerprint density at radius 1 is 1.21 bits per heavy atom. The molecule has 0 unspecified atom stereocenters. The van der Waals surface area contributed by atoms with E-state index in [0.717, 1.165) is 17.0 Å². The number of hydrogen-bond acceptors (Lipinski definition) is 7. The molecule has 9 heteroatoms. The van der Waals surface area contributed by atoms with Gasteiger partial charge in [0, 0.05) is 13.0 Å². The van der Waals surface area contributed by atoms with Gasteiger partial charge in [0.2, 0.25) is 0 Å². The number of thioether (sulfide) groups is 1. The number of nitrogens with zero attached hydrogens (tertiary/aromatic N) is 4. The first-order chi connectivity index (χ1) is 16.2. The smallest absolute Gasteiger partial charge is 0.262 e. The highest BCUT2D eigenvalue weighted by Crippen LogP contribution is 2.34. The number of carbonyl (C=O) groups excluding carboxylic acids is 1. The molecule has 1 aliphatic rings. The highest BCUT2D eigenvalue weighted by atomic mass is 32.2. The molecule has 1 atom stereocenters. The molecule has 5 rings (SSSR count). The van der Waals surface area contributed by atoms with E-state index in [1.807, 2.05) is 54.8 Å². The average molecular weight is 479 g/mol. The highest BCUT2D eigenvalue weighted by molar-refractivity contribution is 7.99. The Morgan fingerprint density at radius 2 is 2.09 bits per heavy atom. The van der Waals surface area contributed by atoms with E-state index in [4.69, 9.17) is 4.42 Å². The van der Waals surface area contributed by atoms with Crippen molar-refractivity contribution in [2.45, 2.75) is 37.5 Å². The molecule has 4 heterocycles. The van der Waals surface area contributed by atoms with Gasteiger partial charge >= 0.3 is 0 Å². The maximum Gasteiger partial charge on any atom is 0.262 e. The Hall–Kier alpha value is -3.17. The first kappa shape index (κ1) is 21.7. The summed E-state index contributed by atoms with van der Waals surface area (Å²) in [5.74, 6) is 0.668. The summed E-state index contributed by atoms with van der Waals surface area (Å²) in [4.78, 5) is 32.0. The minimum atomic E-state index is -0.285. The van der Waals surface area contributed by atoms with Gasteiger partial charge in [-0.1, -0.05) is 36.9 Å². The molecular formula is C24H22N4O3S2. The van der Waals surface area contributed by atoms with Gasteiger partial charge in [0.1, 0.15) is 11.8 Å². The quantitative estimate of drug-likeness (QED) is 0.278. The van der Waals surface area contributed by atoms with Gasteiger partial charge in [-0.05, 0) is 42.1 Å². The predicted octanol–water partition coefficient (Wildman–Crippen LogP) is 4.93. The summed E-state index contributed by atoms with van der Waals surface area (Å²) in [6, 6.07) is 14.7. The number of fused-ring (bicyclic) bond motifs is 1.